The van der Waals surface area contributed by atoms with E-state index in [0.29, 0.717) is 23.1 Å². The normalized spacial score (nSPS) is 19.7. The van der Waals surface area contributed by atoms with Gasteiger partial charge in [0.15, 0.2) is 0 Å². The molecule has 0 saturated carbocycles. The van der Waals surface area contributed by atoms with Crippen LogP contribution < -0.4 is 4.90 Å². The van der Waals surface area contributed by atoms with E-state index >= 15 is 0 Å². The maximum atomic E-state index is 11.5. The second-order valence-corrected chi connectivity index (χ2v) is 4.85. The molecule has 1 atom stereocenters. The number of esters is 1. The van der Waals surface area contributed by atoms with Gasteiger partial charge in [0.1, 0.15) is 0 Å². The molecule has 18 heavy (non-hydrogen) atoms. The van der Waals surface area contributed by atoms with Crippen LogP contribution in [0.3, 0.4) is 0 Å². The highest BCUT2D eigenvalue weighted by atomic mass is 16.5. The summed E-state index contributed by atoms with van der Waals surface area (Å²) < 4.78 is 4.69. The quantitative estimate of drug-likeness (QED) is 0.748. The van der Waals surface area contributed by atoms with Crippen LogP contribution in [0.25, 0.3) is 0 Å². The summed E-state index contributed by atoms with van der Waals surface area (Å²) in [5, 5.41) is 0. The van der Waals surface area contributed by atoms with Crippen LogP contribution in [0.15, 0.2) is 6.20 Å². The Labute approximate surface area is 107 Å². The minimum absolute atomic E-state index is 0.383. The maximum absolute atomic E-state index is 11.5. The monoisotopic (exact) mass is 249 g/mol. The molecule has 0 amide bonds. The lowest BCUT2D eigenvalue weighted by Gasteiger charge is -2.31. The summed E-state index contributed by atoms with van der Waals surface area (Å²) in [7, 11) is 1.36. The molecule has 2 heterocycles. The molecule has 5 nitrogen and oxygen atoms in total. The highest BCUT2D eigenvalue weighted by Gasteiger charge is 2.20. The van der Waals surface area contributed by atoms with Crippen molar-refractivity contribution >= 4 is 11.9 Å². The smallest absolute Gasteiger partial charge is 0.341 e. The zero-order chi connectivity index (χ0) is 13.1. The number of carbonyl (C=O) groups excluding carboxylic acids is 1. The minimum atomic E-state index is -0.383. The van der Waals surface area contributed by atoms with Crippen LogP contribution in [0.4, 0.5) is 5.95 Å². The van der Waals surface area contributed by atoms with E-state index < -0.39 is 0 Å². The highest BCUT2D eigenvalue weighted by Crippen LogP contribution is 2.20. The van der Waals surface area contributed by atoms with Gasteiger partial charge >= 0.3 is 5.97 Å². The van der Waals surface area contributed by atoms with Crippen LogP contribution in [0.5, 0.6) is 0 Å². The lowest BCUT2D eigenvalue weighted by atomic mass is 10.0. The number of aryl methyl sites for hydroxylation is 1. The van der Waals surface area contributed by atoms with Gasteiger partial charge in [-0.2, -0.15) is 0 Å². The minimum Gasteiger partial charge on any atom is -0.465 e. The number of methoxy groups -OCH3 is 1. The lowest BCUT2D eigenvalue weighted by Crippen LogP contribution is -2.35. The number of anilines is 1. The Balaban J connectivity index is 2.20. The first-order valence-corrected chi connectivity index (χ1v) is 6.28. The third-order valence-electron chi connectivity index (χ3n) is 3.31. The number of ether oxygens (including phenoxy) is 1. The first kappa shape index (κ1) is 12.8. The molecule has 1 aliphatic heterocycles. The van der Waals surface area contributed by atoms with Gasteiger partial charge in [0.2, 0.25) is 5.95 Å². The SMILES string of the molecule is COC(=O)c1cnc(N2CCC[C@H](C)C2)nc1C. The largest absolute Gasteiger partial charge is 0.465 e. The number of carbonyl (C=O) groups is 1. The topological polar surface area (TPSA) is 55.3 Å². The number of piperidine rings is 1. The molecular formula is C13H19N3O2. The van der Waals surface area contributed by atoms with Gasteiger partial charge in [-0.3, -0.25) is 0 Å². The van der Waals surface area contributed by atoms with Gasteiger partial charge in [-0.25, -0.2) is 14.8 Å². The van der Waals surface area contributed by atoms with Crippen LogP contribution in [0.2, 0.25) is 0 Å². The van der Waals surface area contributed by atoms with E-state index in [1.807, 2.05) is 6.92 Å². The van der Waals surface area contributed by atoms with Crippen molar-refractivity contribution < 1.29 is 9.53 Å². The highest BCUT2D eigenvalue weighted by molar-refractivity contribution is 5.90. The Bertz CT molecular complexity index is 448. The molecule has 0 bridgehead atoms. The Morgan fingerprint density at radius 3 is 2.94 bits per heavy atom. The van der Waals surface area contributed by atoms with Crippen molar-refractivity contribution in [2.24, 2.45) is 5.92 Å². The van der Waals surface area contributed by atoms with Gasteiger partial charge in [-0.05, 0) is 25.7 Å². The van der Waals surface area contributed by atoms with Crippen molar-refractivity contribution in [2.45, 2.75) is 26.7 Å². The molecule has 1 aliphatic rings. The molecule has 1 fully saturated rings. The number of aromatic nitrogens is 2. The predicted molar refractivity (Wildman–Crippen MR) is 68.7 cm³/mol. The summed E-state index contributed by atoms with van der Waals surface area (Å²) in [6, 6.07) is 0. The van der Waals surface area contributed by atoms with Crippen molar-refractivity contribution in [3.63, 3.8) is 0 Å². The molecule has 5 heteroatoms. The molecule has 0 N–H and O–H groups in total. The number of hydrogen-bond acceptors (Lipinski definition) is 5. The Morgan fingerprint density at radius 2 is 2.33 bits per heavy atom. The second kappa shape index (κ2) is 5.33. The summed E-state index contributed by atoms with van der Waals surface area (Å²) in [6.45, 7) is 6.02. The van der Waals surface area contributed by atoms with Gasteiger partial charge in [0, 0.05) is 19.3 Å². The first-order chi connectivity index (χ1) is 8.61. The van der Waals surface area contributed by atoms with E-state index in [1.165, 1.54) is 20.0 Å². The van der Waals surface area contributed by atoms with Crippen LogP contribution in [-0.4, -0.2) is 36.1 Å². The molecule has 1 aromatic heterocycles. The van der Waals surface area contributed by atoms with Crippen LogP contribution >= 0.6 is 0 Å². The van der Waals surface area contributed by atoms with Crippen molar-refractivity contribution in [2.75, 3.05) is 25.1 Å². The van der Waals surface area contributed by atoms with Crippen LogP contribution in [-0.2, 0) is 4.74 Å². The fourth-order valence-electron chi connectivity index (χ4n) is 2.29. The Hall–Kier alpha value is -1.65. The number of rotatable bonds is 2. The van der Waals surface area contributed by atoms with Crippen LogP contribution in [0.1, 0.15) is 35.8 Å². The number of hydrogen-bond donors (Lipinski definition) is 0. The molecule has 1 aromatic rings. The summed E-state index contributed by atoms with van der Waals surface area (Å²) in [5.74, 6) is 1.00. The molecule has 0 aromatic carbocycles. The molecule has 0 aliphatic carbocycles. The van der Waals surface area contributed by atoms with Crippen LogP contribution in [0, 0.1) is 12.8 Å². The van der Waals surface area contributed by atoms with E-state index in [9.17, 15) is 4.79 Å². The third kappa shape index (κ3) is 2.60. The van der Waals surface area contributed by atoms with Gasteiger partial charge in [0.25, 0.3) is 0 Å². The van der Waals surface area contributed by atoms with Crippen molar-refractivity contribution in [1.82, 2.24) is 9.97 Å². The van der Waals surface area contributed by atoms with E-state index in [1.54, 1.807) is 6.20 Å². The van der Waals surface area contributed by atoms with Gasteiger partial charge in [-0.15, -0.1) is 0 Å². The second-order valence-electron chi connectivity index (χ2n) is 4.85. The van der Waals surface area contributed by atoms with Crippen molar-refractivity contribution in [3.8, 4) is 0 Å². The molecular weight excluding hydrogens is 230 g/mol. The number of nitrogens with zero attached hydrogens (tertiary/aromatic N) is 3. The van der Waals surface area contributed by atoms with E-state index in [0.717, 1.165) is 13.1 Å². The molecule has 0 spiro atoms. The standard InChI is InChI=1S/C13H19N3O2/c1-9-5-4-6-16(8-9)13-14-7-11(10(2)15-13)12(17)18-3/h7,9H,4-6,8H2,1-3H3/t9-/m0/s1. The van der Waals surface area contributed by atoms with Crippen molar-refractivity contribution in [3.05, 3.63) is 17.5 Å². The summed E-state index contributed by atoms with van der Waals surface area (Å²) in [4.78, 5) is 22.3. The fraction of sp³-hybridized carbons (Fsp3) is 0.615. The van der Waals surface area contributed by atoms with E-state index in [-0.39, 0.29) is 5.97 Å². The van der Waals surface area contributed by atoms with Gasteiger partial charge in [-0.1, -0.05) is 6.92 Å². The van der Waals surface area contributed by atoms with Gasteiger partial charge < -0.3 is 9.64 Å². The summed E-state index contributed by atoms with van der Waals surface area (Å²) >= 11 is 0. The maximum Gasteiger partial charge on any atom is 0.341 e. The first-order valence-electron chi connectivity index (χ1n) is 6.28. The van der Waals surface area contributed by atoms with E-state index in [2.05, 4.69) is 26.5 Å². The zero-order valence-electron chi connectivity index (χ0n) is 11.1. The summed E-state index contributed by atoms with van der Waals surface area (Å²) in [6.07, 6.45) is 3.99. The Morgan fingerprint density at radius 1 is 1.56 bits per heavy atom. The van der Waals surface area contributed by atoms with E-state index in [4.69, 9.17) is 0 Å². The molecule has 1 saturated heterocycles. The molecule has 0 radical (unpaired) electrons. The lowest BCUT2D eigenvalue weighted by molar-refractivity contribution is 0.0599. The Kier molecular flexibility index (Phi) is 3.79. The molecule has 0 unspecified atom stereocenters. The average molecular weight is 249 g/mol. The summed E-state index contributed by atoms with van der Waals surface area (Å²) in [5.41, 5.74) is 1.11. The predicted octanol–water partition coefficient (Wildman–Crippen LogP) is 1.81. The third-order valence-corrected chi connectivity index (χ3v) is 3.31. The zero-order valence-corrected chi connectivity index (χ0v) is 11.1. The van der Waals surface area contributed by atoms with Gasteiger partial charge in [0.05, 0.1) is 18.4 Å². The van der Waals surface area contributed by atoms with Crippen molar-refractivity contribution in [1.29, 1.82) is 0 Å². The fourth-order valence-corrected chi connectivity index (χ4v) is 2.29. The average Bonchev–Trinajstić information content (AvgIpc) is 2.37. The molecule has 98 valence electrons. The molecule has 2 rings (SSSR count).